The van der Waals surface area contributed by atoms with Crippen molar-refractivity contribution in [1.29, 1.82) is 0 Å². The van der Waals surface area contributed by atoms with E-state index in [9.17, 15) is 9.18 Å². The van der Waals surface area contributed by atoms with Crippen LogP contribution in [0.5, 0.6) is 0 Å². The Morgan fingerprint density at radius 3 is 2.80 bits per heavy atom. The third-order valence-corrected chi connectivity index (χ3v) is 2.89. The first-order valence-corrected chi connectivity index (χ1v) is 6.92. The van der Waals surface area contributed by atoms with Crippen molar-refractivity contribution in [2.24, 2.45) is 5.92 Å². The Balaban J connectivity index is 2.35. The molecule has 1 aromatic rings. The number of carbonyl (C=O) groups is 1. The van der Waals surface area contributed by atoms with Gasteiger partial charge in [0.15, 0.2) is 0 Å². The van der Waals surface area contributed by atoms with Gasteiger partial charge in [0.2, 0.25) is 5.91 Å². The average molecular weight is 281 g/mol. The molecule has 0 aliphatic rings. The number of hydrogen-bond acceptors (Lipinski definition) is 3. The molecule has 0 aliphatic heterocycles. The highest BCUT2D eigenvalue weighted by molar-refractivity contribution is 5.91. The Morgan fingerprint density at radius 2 is 2.15 bits per heavy atom. The van der Waals surface area contributed by atoms with E-state index in [4.69, 9.17) is 5.73 Å². The zero-order valence-corrected chi connectivity index (χ0v) is 12.4. The van der Waals surface area contributed by atoms with Crippen LogP contribution in [0.2, 0.25) is 0 Å². The van der Waals surface area contributed by atoms with Crippen LogP contribution in [0.1, 0.15) is 26.7 Å². The lowest BCUT2D eigenvalue weighted by Crippen LogP contribution is -2.25. The number of nitrogens with one attached hydrogen (secondary N) is 1. The van der Waals surface area contributed by atoms with Gasteiger partial charge in [-0.15, -0.1) is 0 Å². The Bertz CT molecular complexity index is 449. The highest BCUT2D eigenvalue weighted by atomic mass is 19.1. The lowest BCUT2D eigenvalue weighted by molar-refractivity contribution is -0.116. The SMILES string of the molecule is CC(C)CN(C)CCCC(=O)Nc1cc(N)ccc1F. The van der Waals surface area contributed by atoms with Crippen LogP contribution in [0, 0.1) is 11.7 Å². The van der Waals surface area contributed by atoms with E-state index in [2.05, 4.69) is 24.1 Å². The summed E-state index contributed by atoms with van der Waals surface area (Å²) < 4.78 is 13.4. The van der Waals surface area contributed by atoms with E-state index in [1.54, 1.807) is 0 Å². The molecule has 1 amide bonds. The largest absolute Gasteiger partial charge is 0.399 e. The van der Waals surface area contributed by atoms with Gasteiger partial charge in [-0.05, 0) is 44.1 Å². The summed E-state index contributed by atoms with van der Waals surface area (Å²) >= 11 is 0. The van der Waals surface area contributed by atoms with Gasteiger partial charge in [-0.1, -0.05) is 13.8 Å². The second-order valence-corrected chi connectivity index (χ2v) is 5.55. The molecule has 0 aromatic heterocycles. The van der Waals surface area contributed by atoms with E-state index >= 15 is 0 Å². The maximum Gasteiger partial charge on any atom is 0.224 e. The molecule has 0 heterocycles. The molecule has 4 nitrogen and oxygen atoms in total. The van der Waals surface area contributed by atoms with Crippen LogP contribution in [0.4, 0.5) is 15.8 Å². The molecule has 0 unspecified atom stereocenters. The smallest absolute Gasteiger partial charge is 0.224 e. The molecular weight excluding hydrogens is 257 g/mol. The van der Waals surface area contributed by atoms with Crippen LogP contribution in [-0.4, -0.2) is 30.9 Å². The fourth-order valence-corrected chi connectivity index (χ4v) is 2.08. The second kappa shape index (κ2) is 7.85. The number of anilines is 2. The average Bonchev–Trinajstić information content (AvgIpc) is 2.33. The maximum absolute atomic E-state index is 13.4. The van der Waals surface area contributed by atoms with E-state index < -0.39 is 5.82 Å². The summed E-state index contributed by atoms with van der Waals surface area (Å²) in [6, 6.07) is 4.14. The first-order chi connectivity index (χ1) is 9.38. The van der Waals surface area contributed by atoms with Gasteiger partial charge in [-0.2, -0.15) is 0 Å². The van der Waals surface area contributed by atoms with Gasteiger partial charge in [0, 0.05) is 18.7 Å². The standard InChI is InChI=1S/C15H24FN3O/c1-11(2)10-19(3)8-4-5-15(20)18-14-9-12(17)6-7-13(14)16/h6-7,9,11H,4-5,8,10,17H2,1-3H3,(H,18,20). The van der Waals surface area contributed by atoms with Crippen LogP contribution in [0.25, 0.3) is 0 Å². The highest BCUT2D eigenvalue weighted by Crippen LogP contribution is 2.17. The van der Waals surface area contributed by atoms with Gasteiger partial charge in [-0.3, -0.25) is 4.79 Å². The molecule has 0 atom stereocenters. The van der Waals surface area contributed by atoms with Gasteiger partial charge in [0.25, 0.3) is 0 Å². The van der Waals surface area contributed by atoms with Gasteiger partial charge >= 0.3 is 0 Å². The van der Waals surface area contributed by atoms with Crippen LogP contribution in [0.15, 0.2) is 18.2 Å². The first-order valence-electron chi connectivity index (χ1n) is 6.92. The lowest BCUT2D eigenvalue weighted by atomic mass is 10.2. The topological polar surface area (TPSA) is 58.4 Å². The van der Waals surface area contributed by atoms with Crippen molar-refractivity contribution in [3.05, 3.63) is 24.0 Å². The van der Waals surface area contributed by atoms with Crippen molar-refractivity contribution >= 4 is 17.3 Å². The van der Waals surface area contributed by atoms with Crippen LogP contribution < -0.4 is 11.1 Å². The quantitative estimate of drug-likeness (QED) is 0.756. The van der Waals surface area contributed by atoms with E-state index in [0.29, 0.717) is 18.0 Å². The maximum atomic E-state index is 13.4. The Hall–Kier alpha value is -1.62. The second-order valence-electron chi connectivity index (χ2n) is 5.55. The normalized spacial score (nSPS) is 11.1. The Kier molecular flexibility index (Phi) is 6.45. The molecule has 1 aromatic carbocycles. The van der Waals surface area contributed by atoms with E-state index in [1.165, 1.54) is 18.2 Å². The third kappa shape index (κ3) is 6.02. The molecular formula is C15H24FN3O. The number of nitrogens with zero attached hydrogens (tertiary/aromatic N) is 1. The zero-order chi connectivity index (χ0) is 15.1. The predicted octanol–water partition coefficient (Wildman–Crippen LogP) is 2.71. The minimum atomic E-state index is -0.468. The molecule has 0 bridgehead atoms. The van der Waals surface area contributed by atoms with Gasteiger partial charge in [0.1, 0.15) is 5.82 Å². The van der Waals surface area contributed by atoms with Crippen LogP contribution in [0.3, 0.4) is 0 Å². The fourth-order valence-electron chi connectivity index (χ4n) is 2.08. The van der Waals surface area contributed by atoms with E-state index in [-0.39, 0.29) is 11.6 Å². The zero-order valence-electron chi connectivity index (χ0n) is 12.4. The van der Waals surface area contributed by atoms with E-state index in [0.717, 1.165) is 19.5 Å². The van der Waals surface area contributed by atoms with Gasteiger partial charge in [-0.25, -0.2) is 4.39 Å². The molecule has 0 saturated carbocycles. The van der Waals surface area contributed by atoms with Crippen LogP contribution in [-0.2, 0) is 4.79 Å². The Morgan fingerprint density at radius 1 is 1.45 bits per heavy atom. The molecule has 3 N–H and O–H groups in total. The number of amides is 1. The molecule has 112 valence electrons. The van der Waals surface area contributed by atoms with Crippen molar-refractivity contribution in [1.82, 2.24) is 4.90 Å². The minimum absolute atomic E-state index is 0.144. The first kappa shape index (κ1) is 16.4. The lowest BCUT2D eigenvalue weighted by Gasteiger charge is -2.18. The van der Waals surface area contributed by atoms with Gasteiger partial charge in [0.05, 0.1) is 5.69 Å². The van der Waals surface area contributed by atoms with Crippen molar-refractivity contribution in [2.75, 3.05) is 31.2 Å². The third-order valence-electron chi connectivity index (χ3n) is 2.89. The minimum Gasteiger partial charge on any atom is -0.399 e. The van der Waals surface area contributed by atoms with Gasteiger partial charge < -0.3 is 16.0 Å². The summed E-state index contributed by atoms with van der Waals surface area (Å²) in [6.45, 7) is 6.17. The number of carbonyl (C=O) groups excluding carboxylic acids is 1. The Labute approximate surface area is 120 Å². The number of rotatable bonds is 7. The van der Waals surface area contributed by atoms with Crippen molar-refractivity contribution in [3.63, 3.8) is 0 Å². The molecule has 0 spiro atoms. The summed E-state index contributed by atoms with van der Waals surface area (Å²) in [6.07, 6.45) is 1.12. The summed E-state index contributed by atoms with van der Waals surface area (Å²) in [4.78, 5) is 13.9. The number of halogens is 1. The molecule has 1 rings (SSSR count). The van der Waals surface area contributed by atoms with Crippen LogP contribution >= 0.6 is 0 Å². The molecule has 5 heteroatoms. The molecule has 0 fully saturated rings. The number of nitrogens with two attached hydrogens (primary N) is 1. The molecule has 20 heavy (non-hydrogen) atoms. The van der Waals surface area contributed by atoms with Crippen molar-refractivity contribution < 1.29 is 9.18 Å². The van der Waals surface area contributed by atoms with Crippen molar-refractivity contribution in [3.8, 4) is 0 Å². The van der Waals surface area contributed by atoms with E-state index in [1.807, 2.05) is 7.05 Å². The van der Waals surface area contributed by atoms with Crippen molar-refractivity contribution in [2.45, 2.75) is 26.7 Å². The predicted molar refractivity (Wildman–Crippen MR) is 81.0 cm³/mol. The summed E-state index contributed by atoms with van der Waals surface area (Å²) in [5, 5.41) is 2.55. The summed E-state index contributed by atoms with van der Waals surface area (Å²) in [5.74, 6) is -0.0489. The monoisotopic (exact) mass is 281 g/mol. The number of benzene rings is 1. The number of nitrogen functional groups attached to an aromatic ring is 1. The molecule has 0 saturated heterocycles. The molecule has 0 radical (unpaired) electrons. The molecule has 0 aliphatic carbocycles. The highest BCUT2D eigenvalue weighted by Gasteiger charge is 2.08. The summed E-state index contributed by atoms with van der Waals surface area (Å²) in [7, 11) is 2.04. The number of hydrogen-bond donors (Lipinski definition) is 2. The fraction of sp³-hybridized carbons (Fsp3) is 0.533. The summed E-state index contributed by atoms with van der Waals surface area (Å²) in [5.41, 5.74) is 6.14.